The second kappa shape index (κ2) is 11.0. The molecule has 0 aliphatic heterocycles. The van der Waals surface area contributed by atoms with E-state index in [1.54, 1.807) is 21.3 Å². The highest BCUT2D eigenvalue weighted by Gasteiger charge is 2.34. The summed E-state index contributed by atoms with van der Waals surface area (Å²) in [7, 11) is 0.656. The summed E-state index contributed by atoms with van der Waals surface area (Å²) in [6, 6.07) is 0.816. The topological polar surface area (TPSA) is 102 Å². The molecule has 0 saturated carbocycles. The van der Waals surface area contributed by atoms with Crippen LogP contribution >= 0.6 is 7.82 Å². The Labute approximate surface area is 108 Å². The third-order valence-corrected chi connectivity index (χ3v) is 5.11. The Bertz CT molecular complexity index is 207. The Balaban J connectivity index is 0. The first-order valence-electron chi connectivity index (χ1n) is 4.80. The largest absolute Gasteiger partial charge is 0.526 e. The van der Waals surface area contributed by atoms with Crippen molar-refractivity contribution >= 4 is 16.6 Å². The lowest BCUT2D eigenvalue weighted by Gasteiger charge is -2.22. The highest BCUT2D eigenvalue weighted by atomic mass is 31.2. The van der Waals surface area contributed by atoms with Crippen LogP contribution in [0.1, 0.15) is 6.92 Å². The van der Waals surface area contributed by atoms with E-state index >= 15 is 0 Å². The Morgan fingerprint density at radius 3 is 1.39 bits per heavy atom. The molecule has 0 unspecified atom stereocenters. The van der Waals surface area contributed by atoms with Gasteiger partial charge in [-0.15, -0.1) is 9.35 Å². The molecule has 0 fully saturated rings. The maximum absolute atomic E-state index is 10.3. The van der Waals surface area contributed by atoms with Crippen molar-refractivity contribution in [3.63, 3.8) is 0 Å². The van der Waals surface area contributed by atoms with Crippen LogP contribution in [0, 0.1) is 0 Å². The van der Waals surface area contributed by atoms with E-state index in [1.807, 2.05) is 6.92 Å². The maximum Gasteiger partial charge on any atom is 0.526 e. The third kappa shape index (κ3) is 9.11. The van der Waals surface area contributed by atoms with Gasteiger partial charge in [-0.1, -0.05) is 6.92 Å². The first kappa shape index (κ1) is 20.4. The van der Waals surface area contributed by atoms with Crippen LogP contribution < -0.4 is 0 Å². The summed E-state index contributed by atoms with van der Waals surface area (Å²) in [4.78, 5) is 16.1. The van der Waals surface area contributed by atoms with Gasteiger partial charge in [0.05, 0.1) is 14.2 Å². The summed E-state index contributed by atoms with van der Waals surface area (Å²) < 4.78 is 33.0. The van der Waals surface area contributed by atoms with E-state index in [4.69, 9.17) is 18.2 Å². The molecule has 0 rings (SSSR count). The summed E-state index contributed by atoms with van der Waals surface area (Å²) in [5.74, 6) is 0. The van der Waals surface area contributed by atoms with E-state index in [-0.39, 0.29) is 0 Å². The minimum absolute atomic E-state index is 0.816. The Hall–Kier alpha value is 0.127. The molecule has 0 radical (unpaired) electrons. The van der Waals surface area contributed by atoms with Gasteiger partial charge in [-0.2, -0.15) is 0 Å². The molecule has 0 bridgehead atoms. The van der Waals surface area contributed by atoms with Crippen molar-refractivity contribution in [1.29, 1.82) is 0 Å². The van der Waals surface area contributed by atoms with E-state index < -0.39 is 16.6 Å². The molecule has 112 valence electrons. The van der Waals surface area contributed by atoms with Crippen molar-refractivity contribution in [2.45, 2.75) is 13.0 Å². The lowest BCUT2D eigenvalue weighted by atomic mass is 11.0. The zero-order valence-electron chi connectivity index (χ0n) is 11.4. The minimum Gasteiger partial charge on any atom is -0.377 e. The van der Waals surface area contributed by atoms with Gasteiger partial charge >= 0.3 is 16.6 Å². The zero-order valence-corrected chi connectivity index (χ0v) is 13.3. The summed E-state index contributed by atoms with van der Waals surface area (Å²) in [6.07, 6.45) is 0. The molecular weight excluding hydrogens is 287 g/mol. The molecule has 0 spiro atoms. The smallest absolute Gasteiger partial charge is 0.377 e. The number of rotatable bonds is 8. The highest BCUT2D eigenvalue weighted by Crippen LogP contribution is 2.42. The second-order valence-electron chi connectivity index (χ2n) is 2.60. The fraction of sp³-hybridized carbons (Fsp3) is 1.00. The monoisotopic (exact) mass is 308 g/mol. The van der Waals surface area contributed by atoms with E-state index in [9.17, 15) is 4.57 Å². The SMILES string of the molecule is CC[Si](OC)(OC)OC.COOP(=O)(O)OOC. The fourth-order valence-corrected chi connectivity index (χ4v) is 2.65. The van der Waals surface area contributed by atoms with Gasteiger partial charge in [0.1, 0.15) is 0 Å². The molecule has 0 aromatic carbocycles. The van der Waals surface area contributed by atoms with Crippen molar-refractivity contribution in [2.75, 3.05) is 35.5 Å². The van der Waals surface area contributed by atoms with Crippen LogP contribution in [0.4, 0.5) is 0 Å². The molecule has 0 aliphatic rings. The predicted octanol–water partition coefficient (Wildman–Crippen LogP) is 1.13. The van der Waals surface area contributed by atoms with Crippen LogP contribution in [0.25, 0.3) is 0 Å². The highest BCUT2D eigenvalue weighted by molar-refractivity contribution is 7.47. The van der Waals surface area contributed by atoms with Gasteiger partial charge in [-0.25, -0.2) is 14.3 Å². The van der Waals surface area contributed by atoms with Gasteiger partial charge in [0.25, 0.3) is 0 Å². The fourth-order valence-electron chi connectivity index (χ4n) is 0.884. The molecule has 0 heterocycles. The van der Waals surface area contributed by atoms with Crippen LogP contribution in [-0.4, -0.2) is 49.2 Å². The Kier molecular flexibility index (Phi) is 12.5. The van der Waals surface area contributed by atoms with Gasteiger partial charge in [-0.3, -0.25) is 4.89 Å². The van der Waals surface area contributed by atoms with Crippen molar-refractivity contribution in [1.82, 2.24) is 0 Å². The van der Waals surface area contributed by atoms with Gasteiger partial charge in [-0.05, 0) is 0 Å². The van der Waals surface area contributed by atoms with E-state index in [2.05, 4.69) is 19.1 Å². The van der Waals surface area contributed by atoms with Crippen molar-refractivity contribution in [3.8, 4) is 0 Å². The minimum atomic E-state index is -4.14. The molecular formula is C7H21O9PSi. The summed E-state index contributed by atoms with van der Waals surface area (Å²) in [6.45, 7) is 1.99. The molecule has 11 heteroatoms. The van der Waals surface area contributed by atoms with E-state index in [0.717, 1.165) is 20.3 Å². The van der Waals surface area contributed by atoms with Crippen molar-refractivity contribution in [3.05, 3.63) is 0 Å². The molecule has 0 saturated heterocycles. The van der Waals surface area contributed by atoms with Crippen molar-refractivity contribution in [2.24, 2.45) is 0 Å². The predicted molar refractivity (Wildman–Crippen MR) is 63.3 cm³/mol. The maximum atomic E-state index is 10.3. The second-order valence-corrected chi connectivity index (χ2v) is 7.13. The Morgan fingerprint density at radius 1 is 0.944 bits per heavy atom. The van der Waals surface area contributed by atoms with E-state index in [0.29, 0.717) is 0 Å². The van der Waals surface area contributed by atoms with Gasteiger partial charge < -0.3 is 13.3 Å². The number of hydrogen-bond donors (Lipinski definition) is 1. The van der Waals surface area contributed by atoms with Gasteiger partial charge in [0, 0.05) is 27.4 Å². The van der Waals surface area contributed by atoms with Crippen LogP contribution in [-0.2, 0) is 37.0 Å². The summed E-state index contributed by atoms with van der Waals surface area (Å²) in [5, 5.41) is 0. The molecule has 9 nitrogen and oxygen atoms in total. The first-order chi connectivity index (χ1) is 8.36. The normalized spacial score (nSPS) is 11.9. The Morgan fingerprint density at radius 2 is 1.28 bits per heavy atom. The number of hydrogen-bond acceptors (Lipinski definition) is 8. The van der Waals surface area contributed by atoms with Crippen molar-refractivity contribution < 1.29 is 41.9 Å². The molecule has 0 aromatic rings. The average Bonchev–Trinajstić information content (AvgIpc) is 2.33. The van der Waals surface area contributed by atoms with Gasteiger partial charge in [0.2, 0.25) is 0 Å². The summed E-state index contributed by atoms with van der Waals surface area (Å²) in [5.41, 5.74) is 0. The third-order valence-electron chi connectivity index (χ3n) is 1.70. The molecule has 0 atom stereocenters. The molecule has 0 amide bonds. The lowest BCUT2D eigenvalue weighted by molar-refractivity contribution is -0.255. The average molecular weight is 308 g/mol. The van der Waals surface area contributed by atoms with Crippen LogP contribution in [0.3, 0.4) is 0 Å². The van der Waals surface area contributed by atoms with Crippen LogP contribution in [0.2, 0.25) is 6.04 Å². The van der Waals surface area contributed by atoms with Crippen LogP contribution in [0.15, 0.2) is 0 Å². The summed E-state index contributed by atoms with van der Waals surface area (Å²) >= 11 is 0. The standard InChI is InChI=1S/C5H14O3Si.C2H7O6P/c1-5-9(6-2,7-3)8-4;1-5-7-9(3,4)8-6-2/h5H2,1-4H3;1-2H3,(H,3,4). The lowest BCUT2D eigenvalue weighted by Crippen LogP contribution is -2.41. The first-order valence-corrected chi connectivity index (χ1v) is 8.22. The molecule has 0 aliphatic carbocycles. The van der Waals surface area contributed by atoms with E-state index in [1.165, 1.54) is 0 Å². The number of phosphoric acid groups is 1. The van der Waals surface area contributed by atoms with Crippen LogP contribution in [0.5, 0.6) is 0 Å². The molecule has 1 N–H and O–H groups in total. The van der Waals surface area contributed by atoms with Gasteiger partial charge in [0.15, 0.2) is 0 Å². The zero-order chi connectivity index (χ0) is 14.7. The quantitative estimate of drug-likeness (QED) is 0.306. The molecule has 18 heavy (non-hydrogen) atoms. The molecule has 0 aromatic heterocycles.